The molecule has 1 amide bonds. The first-order valence-corrected chi connectivity index (χ1v) is 7.02. The van der Waals surface area contributed by atoms with Crippen LogP contribution in [0.5, 0.6) is 0 Å². The van der Waals surface area contributed by atoms with Gasteiger partial charge >= 0.3 is 0 Å². The smallest absolute Gasteiger partial charge is 0.275 e. The Bertz CT molecular complexity index is 781. The molecule has 1 N–H and O–H groups in total. The molecule has 0 saturated heterocycles. The third kappa shape index (κ3) is 2.84. The van der Waals surface area contributed by atoms with Crippen LogP contribution in [0.1, 0.15) is 11.1 Å². The molecular weight excluding hydrogens is 307 g/mol. The normalized spacial score (nSPS) is 16.0. The van der Waals surface area contributed by atoms with E-state index < -0.39 is 0 Å². The van der Waals surface area contributed by atoms with Crippen molar-refractivity contribution in [1.82, 2.24) is 5.32 Å². The van der Waals surface area contributed by atoms with Crippen molar-refractivity contribution in [3.8, 4) is 0 Å². The van der Waals surface area contributed by atoms with Gasteiger partial charge in [0.15, 0.2) is 0 Å². The van der Waals surface area contributed by atoms with Crippen molar-refractivity contribution < 1.29 is 4.79 Å². The highest BCUT2D eigenvalue weighted by atomic mass is 35.5. The molecule has 2 aromatic carbocycles. The van der Waals surface area contributed by atoms with Gasteiger partial charge in [-0.25, -0.2) is 4.99 Å². The number of aliphatic imine (C=N–C) groups is 1. The first-order valence-electron chi connectivity index (χ1n) is 6.26. The van der Waals surface area contributed by atoms with Gasteiger partial charge in [-0.1, -0.05) is 53.5 Å². The predicted octanol–water partition coefficient (Wildman–Crippen LogP) is 3.91. The first-order chi connectivity index (χ1) is 10.1. The maximum Gasteiger partial charge on any atom is 0.275 e. The van der Waals surface area contributed by atoms with Crippen LogP contribution < -0.4 is 5.32 Å². The van der Waals surface area contributed by atoms with Crippen molar-refractivity contribution in [2.24, 2.45) is 4.99 Å². The first kappa shape index (κ1) is 13.9. The molecule has 3 rings (SSSR count). The fourth-order valence-corrected chi connectivity index (χ4v) is 2.40. The number of rotatable bonds is 2. The minimum Gasteiger partial charge on any atom is -0.305 e. The number of nitrogens with one attached hydrogen (secondary N) is 1. The van der Waals surface area contributed by atoms with E-state index in [0.717, 1.165) is 5.56 Å². The zero-order valence-corrected chi connectivity index (χ0v) is 12.3. The van der Waals surface area contributed by atoms with Crippen molar-refractivity contribution >= 4 is 41.0 Å². The number of amidine groups is 1. The summed E-state index contributed by atoms with van der Waals surface area (Å²) in [5.74, 6) is 0.175. The van der Waals surface area contributed by atoms with Gasteiger partial charge in [0.25, 0.3) is 5.91 Å². The van der Waals surface area contributed by atoms with Crippen molar-refractivity contribution in [3.05, 3.63) is 75.4 Å². The molecule has 0 aromatic heterocycles. The van der Waals surface area contributed by atoms with E-state index in [1.807, 2.05) is 30.3 Å². The van der Waals surface area contributed by atoms with E-state index in [0.29, 0.717) is 27.1 Å². The molecule has 0 spiro atoms. The number of benzene rings is 2. The lowest BCUT2D eigenvalue weighted by molar-refractivity contribution is -0.115. The van der Waals surface area contributed by atoms with Crippen molar-refractivity contribution in [1.29, 1.82) is 0 Å². The number of nitrogens with zero attached hydrogens (tertiary/aromatic N) is 1. The van der Waals surface area contributed by atoms with E-state index >= 15 is 0 Å². The van der Waals surface area contributed by atoms with Gasteiger partial charge < -0.3 is 5.32 Å². The van der Waals surface area contributed by atoms with Crippen LogP contribution >= 0.6 is 23.2 Å². The Hall–Kier alpha value is -2.10. The van der Waals surface area contributed by atoms with Crippen LogP contribution in [-0.4, -0.2) is 11.7 Å². The fraction of sp³-hybridized carbons (Fsp3) is 0. The van der Waals surface area contributed by atoms with Crippen LogP contribution in [0.2, 0.25) is 10.0 Å². The lowest BCUT2D eigenvalue weighted by Crippen LogP contribution is -2.24. The SMILES string of the molecule is O=C1NC(c2ccccc2Cl)=N/C1=C\c1ccccc1Cl. The Labute approximate surface area is 131 Å². The van der Waals surface area contributed by atoms with E-state index in [1.165, 1.54) is 0 Å². The molecule has 104 valence electrons. The van der Waals surface area contributed by atoms with Crippen molar-refractivity contribution in [2.75, 3.05) is 0 Å². The Morgan fingerprint density at radius 1 is 0.952 bits per heavy atom. The van der Waals surface area contributed by atoms with E-state index in [1.54, 1.807) is 24.3 Å². The minimum atomic E-state index is -0.273. The molecule has 0 aliphatic carbocycles. The number of hydrogen-bond donors (Lipinski definition) is 1. The fourth-order valence-electron chi connectivity index (χ4n) is 1.99. The molecular formula is C16H10Cl2N2O. The second-order valence-electron chi connectivity index (χ2n) is 4.45. The molecule has 0 bridgehead atoms. The monoisotopic (exact) mass is 316 g/mol. The van der Waals surface area contributed by atoms with Gasteiger partial charge in [-0.3, -0.25) is 4.79 Å². The lowest BCUT2D eigenvalue weighted by atomic mass is 10.2. The second-order valence-corrected chi connectivity index (χ2v) is 5.26. The molecule has 3 nitrogen and oxygen atoms in total. The topological polar surface area (TPSA) is 41.5 Å². The van der Waals surface area contributed by atoms with Crippen molar-refractivity contribution in [2.45, 2.75) is 0 Å². The molecule has 0 saturated carbocycles. The summed E-state index contributed by atoms with van der Waals surface area (Å²) in [6, 6.07) is 14.5. The van der Waals surface area contributed by atoms with Gasteiger partial charge in [0.05, 0.1) is 5.02 Å². The molecule has 1 aliphatic heterocycles. The summed E-state index contributed by atoms with van der Waals surface area (Å²) in [6.07, 6.45) is 1.65. The molecule has 1 heterocycles. The van der Waals surface area contributed by atoms with Crippen LogP contribution in [0.4, 0.5) is 0 Å². The van der Waals surface area contributed by atoms with Crippen LogP contribution in [0.25, 0.3) is 6.08 Å². The summed E-state index contributed by atoms with van der Waals surface area (Å²) in [4.78, 5) is 16.3. The average Bonchev–Trinajstić information content (AvgIpc) is 2.83. The summed E-state index contributed by atoms with van der Waals surface area (Å²) in [6.45, 7) is 0. The summed E-state index contributed by atoms with van der Waals surface area (Å²) < 4.78 is 0. The van der Waals surface area contributed by atoms with Gasteiger partial charge in [0, 0.05) is 10.6 Å². The molecule has 2 aromatic rings. The Morgan fingerprint density at radius 3 is 2.33 bits per heavy atom. The van der Waals surface area contributed by atoms with Crippen molar-refractivity contribution in [3.63, 3.8) is 0 Å². The zero-order chi connectivity index (χ0) is 14.8. The number of halogens is 2. The summed E-state index contributed by atoms with van der Waals surface area (Å²) in [5, 5.41) is 3.82. The molecule has 0 atom stereocenters. The third-order valence-corrected chi connectivity index (χ3v) is 3.70. The predicted molar refractivity (Wildman–Crippen MR) is 85.6 cm³/mol. The largest absolute Gasteiger partial charge is 0.305 e. The van der Waals surface area contributed by atoms with E-state index in [4.69, 9.17) is 23.2 Å². The summed E-state index contributed by atoms with van der Waals surface area (Å²) in [5.41, 5.74) is 1.74. The van der Waals surface area contributed by atoms with Gasteiger partial charge in [0.2, 0.25) is 0 Å². The Kier molecular flexibility index (Phi) is 3.78. The van der Waals surface area contributed by atoms with Crippen LogP contribution in [0.15, 0.2) is 59.2 Å². The van der Waals surface area contributed by atoms with E-state index in [9.17, 15) is 4.79 Å². The second kappa shape index (κ2) is 5.72. The van der Waals surface area contributed by atoms with Gasteiger partial charge in [-0.05, 0) is 29.8 Å². The summed E-state index contributed by atoms with van der Waals surface area (Å²) >= 11 is 12.2. The molecule has 1 aliphatic rings. The quantitative estimate of drug-likeness (QED) is 0.838. The zero-order valence-electron chi connectivity index (χ0n) is 10.8. The van der Waals surface area contributed by atoms with Gasteiger partial charge in [-0.15, -0.1) is 0 Å². The standard InChI is InChI=1S/C16H10Cl2N2O/c17-12-7-3-1-5-10(12)9-14-16(21)20-15(19-14)11-6-2-4-8-13(11)18/h1-9H,(H,19,20,21)/b14-9-. The molecule has 0 unspecified atom stereocenters. The Morgan fingerprint density at radius 2 is 1.62 bits per heavy atom. The molecule has 21 heavy (non-hydrogen) atoms. The summed E-state index contributed by atoms with van der Waals surface area (Å²) in [7, 11) is 0. The third-order valence-electron chi connectivity index (χ3n) is 3.02. The van der Waals surface area contributed by atoms with Gasteiger partial charge in [0.1, 0.15) is 11.5 Å². The molecule has 5 heteroatoms. The molecule has 0 radical (unpaired) electrons. The number of hydrogen-bond acceptors (Lipinski definition) is 2. The highest BCUT2D eigenvalue weighted by Gasteiger charge is 2.22. The number of carbonyl (C=O) groups is 1. The highest BCUT2D eigenvalue weighted by Crippen LogP contribution is 2.22. The number of carbonyl (C=O) groups excluding carboxylic acids is 1. The van der Waals surface area contributed by atoms with Gasteiger partial charge in [-0.2, -0.15) is 0 Å². The highest BCUT2D eigenvalue weighted by molar-refractivity contribution is 6.35. The molecule has 0 fully saturated rings. The van der Waals surface area contributed by atoms with Crippen LogP contribution in [-0.2, 0) is 4.79 Å². The van der Waals surface area contributed by atoms with E-state index in [-0.39, 0.29) is 5.91 Å². The maximum absolute atomic E-state index is 12.0. The lowest BCUT2D eigenvalue weighted by Gasteiger charge is -2.01. The van der Waals surface area contributed by atoms with E-state index in [2.05, 4.69) is 10.3 Å². The minimum absolute atomic E-state index is 0.273. The maximum atomic E-state index is 12.0. The van der Waals surface area contributed by atoms with Crippen LogP contribution in [0.3, 0.4) is 0 Å². The van der Waals surface area contributed by atoms with Crippen LogP contribution in [0, 0.1) is 0 Å². The number of amides is 1. The Balaban J connectivity index is 2.00. The average molecular weight is 317 g/mol.